The Hall–Kier alpha value is -2.12. The molecule has 2 aromatic carbocycles. The number of hydrogen-bond donors (Lipinski definition) is 0. The van der Waals surface area contributed by atoms with Crippen LogP contribution in [0.25, 0.3) is 12.2 Å². The van der Waals surface area contributed by atoms with Crippen LogP contribution in [0.3, 0.4) is 0 Å². The van der Waals surface area contributed by atoms with E-state index < -0.39 is 0 Å². The van der Waals surface area contributed by atoms with Gasteiger partial charge < -0.3 is 4.90 Å². The van der Waals surface area contributed by atoms with E-state index in [9.17, 15) is 0 Å². The predicted molar refractivity (Wildman–Crippen MR) is 91.3 cm³/mol. The van der Waals surface area contributed by atoms with E-state index in [2.05, 4.69) is 92.3 Å². The van der Waals surface area contributed by atoms with Gasteiger partial charge in [-0.25, -0.2) is 0 Å². The van der Waals surface area contributed by atoms with Gasteiger partial charge in [-0.3, -0.25) is 0 Å². The minimum Gasteiger partial charge on any atom is -0.302 e. The number of nitrogens with zero attached hydrogens (tertiary/aromatic N) is 1. The highest BCUT2D eigenvalue weighted by molar-refractivity contribution is 5.76. The van der Waals surface area contributed by atoms with Crippen molar-refractivity contribution in [2.24, 2.45) is 0 Å². The van der Waals surface area contributed by atoms with Gasteiger partial charge in [0.15, 0.2) is 0 Å². The van der Waals surface area contributed by atoms with E-state index in [0.29, 0.717) is 5.92 Å². The average molecular weight is 275 g/mol. The normalized spacial score (nSPS) is 15.2. The van der Waals surface area contributed by atoms with Crippen LogP contribution in [0.2, 0.25) is 0 Å². The van der Waals surface area contributed by atoms with Crippen molar-refractivity contribution in [1.82, 2.24) is 4.90 Å². The maximum absolute atomic E-state index is 4.07. The molecule has 0 heterocycles. The first-order valence-corrected chi connectivity index (χ1v) is 7.37. The zero-order chi connectivity index (χ0) is 14.8. The van der Waals surface area contributed by atoms with Crippen molar-refractivity contribution in [3.8, 4) is 0 Å². The Morgan fingerprint density at radius 1 is 0.905 bits per heavy atom. The number of benzene rings is 2. The molecule has 0 amide bonds. The third-order valence-corrected chi connectivity index (χ3v) is 4.28. The minimum absolute atomic E-state index is 0.271. The molecule has 1 atom stereocenters. The van der Waals surface area contributed by atoms with Gasteiger partial charge in [-0.05, 0) is 36.3 Å². The second kappa shape index (κ2) is 5.71. The first-order chi connectivity index (χ1) is 10.2. The van der Waals surface area contributed by atoms with Gasteiger partial charge in [0.25, 0.3) is 0 Å². The second-order valence-electron chi connectivity index (χ2n) is 5.76. The van der Waals surface area contributed by atoms with E-state index in [1.54, 1.807) is 0 Å². The molecule has 21 heavy (non-hydrogen) atoms. The quantitative estimate of drug-likeness (QED) is 0.750. The van der Waals surface area contributed by atoms with Crippen LogP contribution >= 0.6 is 0 Å². The fraction of sp³-hybridized carbons (Fsp3) is 0.200. The third-order valence-electron chi connectivity index (χ3n) is 4.28. The van der Waals surface area contributed by atoms with E-state index in [1.165, 1.54) is 22.3 Å². The Kier molecular flexibility index (Phi) is 3.76. The lowest BCUT2D eigenvalue weighted by Gasteiger charge is -2.32. The molecule has 1 aliphatic rings. The summed E-state index contributed by atoms with van der Waals surface area (Å²) in [5.74, 6) is 0.305. The van der Waals surface area contributed by atoms with Gasteiger partial charge in [-0.1, -0.05) is 66.8 Å². The monoisotopic (exact) mass is 275 g/mol. The van der Waals surface area contributed by atoms with Gasteiger partial charge in [0.2, 0.25) is 0 Å². The molecule has 0 radical (unpaired) electrons. The average Bonchev–Trinajstić information content (AvgIpc) is 2.66. The Morgan fingerprint density at radius 2 is 1.38 bits per heavy atom. The lowest BCUT2D eigenvalue weighted by molar-refractivity contribution is 0.319. The lowest BCUT2D eigenvalue weighted by atomic mass is 9.82. The number of likely N-dealkylation sites (N-methyl/N-ethyl adjacent to an activating group) is 1. The van der Waals surface area contributed by atoms with Crippen molar-refractivity contribution < 1.29 is 0 Å². The molecule has 1 heteroatoms. The number of fused-ring (bicyclic) bond motifs is 2. The van der Waals surface area contributed by atoms with Crippen LogP contribution in [0.1, 0.15) is 28.2 Å². The summed E-state index contributed by atoms with van der Waals surface area (Å²) >= 11 is 0. The van der Waals surface area contributed by atoms with Gasteiger partial charge in [-0.2, -0.15) is 0 Å². The Labute approximate surface area is 127 Å². The standard InChI is InChI=1S/C20H21N/c1-4-19(21(2)3)20-17-11-7-5-9-15(17)13-14-16-10-6-8-12-18(16)20/h4-14,19-20H,1H2,2-3H3. The van der Waals surface area contributed by atoms with E-state index in [-0.39, 0.29) is 6.04 Å². The Balaban J connectivity index is 2.26. The highest BCUT2D eigenvalue weighted by Gasteiger charge is 2.28. The predicted octanol–water partition coefficient (Wildman–Crippen LogP) is 4.42. The highest BCUT2D eigenvalue weighted by atomic mass is 15.1. The summed E-state index contributed by atoms with van der Waals surface area (Å²) in [7, 11) is 4.24. The van der Waals surface area contributed by atoms with Crippen molar-refractivity contribution in [3.63, 3.8) is 0 Å². The molecule has 3 rings (SSSR count). The van der Waals surface area contributed by atoms with Crippen LogP contribution in [0, 0.1) is 0 Å². The van der Waals surface area contributed by atoms with E-state index >= 15 is 0 Å². The fourth-order valence-electron chi connectivity index (χ4n) is 3.25. The van der Waals surface area contributed by atoms with Crippen molar-refractivity contribution in [1.29, 1.82) is 0 Å². The molecule has 0 N–H and O–H groups in total. The molecule has 0 bridgehead atoms. The van der Waals surface area contributed by atoms with Crippen molar-refractivity contribution in [2.75, 3.05) is 14.1 Å². The second-order valence-corrected chi connectivity index (χ2v) is 5.76. The van der Waals surface area contributed by atoms with Crippen LogP contribution in [0.15, 0.2) is 61.2 Å². The molecule has 1 nitrogen and oxygen atoms in total. The van der Waals surface area contributed by atoms with Crippen molar-refractivity contribution in [2.45, 2.75) is 12.0 Å². The zero-order valence-electron chi connectivity index (χ0n) is 12.7. The SMILES string of the molecule is C=CC(C1c2ccccc2C=Cc2ccccc21)N(C)C. The van der Waals surface area contributed by atoms with Gasteiger partial charge >= 0.3 is 0 Å². The summed E-state index contributed by atoms with van der Waals surface area (Å²) in [5.41, 5.74) is 5.34. The summed E-state index contributed by atoms with van der Waals surface area (Å²) in [6, 6.07) is 17.6. The summed E-state index contributed by atoms with van der Waals surface area (Å²) in [6.45, 7) is 4.07. The van der Waals surface area contributed by atoms with Gasteiger partial charge in [-0.15, -0.1) is 6.58 Å². The van der Waals surface area contributed by atoms with Gasteiger partial charge in [0.05, 0.1) is 0 Å². The molecule has 0 saturated carbocycles. The van der Waals surface area contributed by atoms with Crippen molar-refractivity contribution in [3.05, 3.63) is 83.4 Å². The Morgan fingerprint density at radius 3 is 1.81 bits per heavy atom. The topological polar surface area (TPSA) is 3.24 Å². The number of rotatable bonds is 3. The smallest absolute Gasteiger partial charge is 0.0379 e. The first kappa shape index (κ1) is 13.8. The lowest BCUT2D eigenvalue weighted by Crippen LogP contribution is -2.33. The molecule has 0 spiro atoms. The maximum atomic E-state index is 4.07. The van der Waals surface area contributed by atoms with Crippen LogP contribution < -0.4 is 0 Å². The minimum atomic E-state index is 0.271. The molecule has 106 valence electrons. The Bertz CT molecular complexity index is 632. The van der Waals surface area contributed by atoms with Crippen LogP contribution in [0.4, 0.5) is 0 Å². The maximum Gasteiger partial charge on any atom is 0.0379 e. The van der Waals surface area contributed by atoms with E-state index in [4.69, 9.17) is 0 Å². The first-order valence-electron chi connectivity index (χ1n) is 7.37. The summed E-state index contributed by atoms with van der Waals surface area (Å²) in [5, 5.41) is 0. The summed E-state index contributed by atoms with van der Waals surface area (Å²) < 4.78 is 0. The fourth-order valence-corrected chi connectivity index (χ4v) is 3.25. The number of hydrogen-bond acceptors (Lipinski definition) is 1. The third kappa shape index (κ3) is 2.45. The highest BCUT2D eigenvalue weighted by Crippen LogP contribution is 2.38. The van der Waals surface area contributed by atoms with Gasteiger partial charge in [0, 0.05) is 12.0 Å². The summed E-state index contributed by atoms with van der Waals surface area (Å²) in [6.07, 6.45) is 6.51. The molecule has 1 unspecified atom stereocenters. The molecule has 0 aliphatic heterocycles. The van der Waals surface area contributed by atoms with Gasteiger partial charge in [0.1, 0.15) is 0 Å². The zero-order valence-corrected chi connectivity index (χ0v) is 12.7. The van der Waals surface area contributed by atoms with Crippen LogP contribution in [0.5, 0.6) is 0 Å². The molecule has 0 saturated heterocycles. The van der Waals surface area contributed by atoms with E-state index in [1.807, 2.05) is 0 Å². The molecule has 0 aromatic heterocycles. The largest absolute Gasteiger partial charge is 0.302 e. The van der Waals surface area contributed by atoms with Crippen molar-refractivity contribution >= 4 is 12.2 Å². The molecular weight excluding hydrogens is 254 g/mol. The molecule has 0 fully saturated rings. The molecule has 1 aliphatic carbocycles. The van der Waals surface area contributed by atoms with Crippen LogP contribution in [-0.4, -0.2) is 25.0 Å². The van der Waals surface area contributed by atoms with Crippen LogP contribution in [-0.2, 0) is 0 Å². The molecular formula is C20H21N. The summed E-state index contributed by atoms with van der Waals surface area (Å²) in [4.78, 5) is 2.25. The van der Waals surface area contributed by atoms with E-state index in [0.717, 1.165) is 0 Å². The molecule has 2 aromatic rings.